The summed E-state index contributed by atoms with van der Waals surface area (Å²) in [6.45, 7) is 3.17. The highest BCUT2D eigenvalue weighted by Gasteiger charge is 2.21. The molecule has 128 valence electrons. The lowest BCUT2D eigenvalue weighted by Gasteiger charge is -2.11. The van der Waals surface area contributed by atoms with Gasteiger partial charge in [-0.15, -0.1) is 0 Å². The minimum absolute atomic E-state index is 0.163. The number of amides is 1. The number of rotatable bonds is 5. The molecule has 3 rings (SSSR count). The Morgan fingerprint density at radius 2 is 2.00 bits per heavy atom. The third kappa shape index (κ3) is 3.92. The van der Waals surface area contributed by atoms with Gasteiger partial charge in [0.2, 0.25) is 0 Å². The fraction of sp³-hybridized carbons (Fsp3) is 0.176. The zero-order valence-electron chi connectivity index (χ0n) is 13.6. The van der Waals surface area contributed by atoms with Crippen molar-refractivity contribution >= 4 is 17.7 Å². The lowest BCUT2D eigenvalue weighted by molar-refractivity contribution is -0.123. The summed E-state index contributed by atoms with van der Waals surface area (Å²) in [5, 5.41) is 12.9. The van der Waals surface area contributed by atoms with Gasteiger partial charge >= 0.3 is 5.97 Å². The van der Waals surface area contributed by atoms with E-state index in [1.807, 2.05) is 30.3 Å². The van der Waals surface area contributed by atoms with Crippen molar-refractivity contribution in [1.82, 2.24) is 15.4 Å². The van der Waals surface area contributed by atoms with Crippen LogP contribution < -0.4 is 5.32 Å². The largest absolute Gasteiger partial charge is 0.448 e. The number of carbonyl (C=O) groups is 2. The topological polar surface area (TPSA) is 110 Å². The Kier molecular flexibility index (Phi) is 4.60. The summed E-state index contributed by atoms with van der Waals surface area (Å²) in [6.07, 6.45) is -1.01. The molecule has 1 atom stereocenters. The zero-order valence-corrected chi connectivity index (χ0v) is 13.6. The van der Waals surface area contributed by atoms with Gasteiger partial charge in [-0.2, -0.15) is 5.10 Å². The standard InChI is InChI=1S/C17H16N4O4/c1-10-8-15(21-25-10)18-16(22)11(2)24-17(23)14-9-13(19-20-14)12-6-4-3-5-7-12/h3-9,11H,1-2H3,(H,19,20)(H,18,21,22)/t11-/m0/s1. The number of hydrogen-bond donors (Lipinski definition) is 2. The van der Waals surface area contributed by atoms with E-state index in [9.17, 15) is 9.59 Å². The number of nitrogens with one attached hydrogen (secondary N) is 2. The quantitative estimate of drug-likeness (QED) is 0.691. The summed E-state index contributed by atoms with van der Waals surface area (Å²) in [6, 6.07) is 12.5. The average Bonchev–Trinajstić information content (AvgIpc) is 3.25. The maximum absolute atomic E-state index is 12.2. The van der Waals surface area contributed by atoms with Gasteiger partial charge in [-0.25, -0.2) is 4.79 Å². The van der Waals surface area contributed by atoms with Gasteiger partial charge in [0.15, 0.2) is 11.9 Å². The molecule has 1 amide bonds. The van der Waals surface area contributed by atoms with Crippen molar-refractivity contribution in [3.05, 3.63) is 53.9 Å². The Hall–Kier alpha value is -3.42. The van der Waals surface area contributed by atoms with Crippen LogP contribution in [-0.4, -0.2) is 33.3 Å². The van der Waals surface area contributed by atoms with Crippen molar-refractivity contribution in [2.24, 2.45) is 0 Å². The molecule has 8 nitrogen and oxygen atoms in total. The van der Waals surface area contributed by atoms with E-state index in [-0.39, 0.29) is 11.5 Å². The van der Waals surface area contributed by atoms with Crippen LogP contribution in [0.5, 0.6) is 0 Å². The van der Waals surface area contributed by atoms with Crippen LogP contribution in [0.25, 0.3) is 11.3 Å². The molecule has 2 aromatic heterocycles. The number of aryl methyl sites for hydroxylation is 1. The molecule has 3 aromatic rings. The van der Waals surface area contributed by atoms with Gasteiger partial charge in [0.25, 0.3) is 5.91 Å². The number of ether oxygens (including phenoxy) is 1. The highest BCUT2D eigenvalue weighted by Crippen LogP contribution is 2.17. The molecule has 8 heteroatoms. The number of aromatic nitrogens is 3. The van der Waals surface area contributed by atoms with Crippen LogP contribution in [-0.2, 0) is 9.53 Å². The first kappa shape index (κ1) is 16.4. The molecular formula is C17H16N4O4. The van der Waals surface area contributed by atoms with Gasteiger partial charge < -0.3 is 14.6 Å². The van der Waals surface area contributed by atoms with Gasteiger partial charge in [0.1, 0.15) is 11.5 Å². The fourth-order valence-electron chi connectivity index (χ4n) is 2.11. The molecule has 2 heterocycles. The molecule has 25 heavy (non-hydrogen) atoms. The van der Waals surface area contributed by atoms with E-state index in [1.165, 1.54) is 6.92 Å². The molecule has 0 saturated heterocycles. The zero-order chi connectivity index (χ0) is 17.8. The first-order valence-electron chi connectivity index (χ1n) is 7.59. The Morgan fingerprint density at radius 1 is 1.24 bits per heavy atom. The van der Waals surface area contributed by atoms with E-state index >= 15 is 0 Å². The minimum atomic E-state index is -1.01. The van der Waals surface area contributed by atoms with E-state index < -0.39 is 18.0 Å². The number of anilines is 1. The maximum atomic E-state index is 12.2. The number of esters is 1. The van der Waals surface area contributed by atoms with Gasteiger partial charge in [0, 0.05) is 11.6 Å². The van der Waals surface area contributed by atoms with Crippen LogP contribution in [0, 0.1) is 6.92 Å². The molecule has 0 spiro atoms. The molecule has 0 aliphatic heterocycles. The molecule has 0 unspecified atom stereocenters. The van der Waals surface area contributed by atoms with E-state index in [0.29, 0.717) is 11.5 Å². The molecule has 0 radical (unpaired) electrons. The van der Waals surface area contributed by atoms with Crippen LogP contribution in [0.2, 0.25) is 0 Å². The monoisotopic (exact) mass is 340 g/mol. The first-order valence-corrected chi connectivity index (χ1v) is 7.59. The van der Waals surface area contributed by atoms with Crippen LogP contribution in [0.1, 0.15) is 23.2 Å². The van der Waals surface area contributed by atoms with Crippen molar-refractivity contribution in [2.45, 2.75) is 20.0 Å². The predicted molar refractivity (Wildman–Crippen MR) is 88.8 cm³/mol. The van der Waals surface area contributed by atoms with E-state index in [4.69, 9.17) is 9.26 Å². The van der Waals surface area contributed by atoms with Crippen LogP contribution >= 0.6 is 0 Å². The van der Waals surface area contributed by atoms with E-state index in [0.717, 1.165) is 5.56 Å². The Morgan fingerprint density at radius 3 is 2.68 bits per heavy atom. The first-order chi connectivity index (χ1) is 12.0. The normalized spacial score (nSPS) is 11.8. The second-order valence-corrected chi connectivity index (χ2v) is 5.39. The molecule has 1 aromatic carbocycles. The number of carbonyl (C=O) groups excluding carboxylic acids is 2. The Labute approximate surface area is 143 Å². The summed E-state index contributed by atoms with van der Waals surface area (Å²) in [4.78, 5) is 24.2. The SMILES string of the molecule is Cc1cc(NC(=O)[C@H](C)OC(=O)c2cc(-c3ccccc3)n[nH]2)no1. The maximum Gasteiger partial charge on any atom is 0.357 e. The van der Waals surface area contributed by atoms with Crippen molar-refractivity contribution in [2.75, 3.05) is 5.32 Å². The van der Waals surface area contributed by atoms with Crippen molar-refractivity contribution in [3.63, 3.8) is 0 Å². The third-order valence-electron chi connectivity index (χ3n) is 3.40. The Balaban J connectivity index is 1.62. The fourth-order valence-corrected chi connectivity index (χ4v) is 2.11. The summed E-state index contributed by atoms with van der Waals surface area (Å²) in [7, 11) is 0. The number of aromatic amines is 1. The van der Waals surface area contributed by atoms with Gasteiger partial charge in [-0.1, -0.05) is 35.5 Å². The van der Waals surface area contributed by atoms with E-state index in [1.54, 1.807) is 19.1 Å². The number of benzene rings is 1. The molecule has 0 saturated carbocycles. The van der Waals surface area contributed by atoms with Gasteiger partial charge in [-0.3, -0.25) is 9.89 Å². The van der Waals surface area contributed by atoms with Crippen molar-refractivity contribution in [3.8, 4) is 11.3 Å². The minimum Gasteiger partial charge on any atom is -0.448 e. The van der Waals surface area contributed by atoms with Crippen LogP contribution in [0.3, 0.4) is 0 Å². The lowest BCUT2D eigenvalue weighted by atomic mass is 10.1. The third-order valence-corrected chi connectivity index (χ3v) is 3.40. The highest BCUT2D eigenvalue weighted by atomic mass is 16.5. The molecule has 0 bridgehead atoms. The van der Waals surface area contributed by atoms with Crippen LogP contribution in [0.4, 0.5) is 5.82 Å². The van der Waals surface area contributed by atoms with Gasteiger partial charge in [0.05, 0.1) is 5.69 Å². The molecule has 0 aliphatic rings. The average molecular weight is 340 g/mol. The lowest BCUT2D eigenvalue weighted by Crippen LogP contribution is -2.30. The predicted octanol–water partition coefficient (Wildman–Crippen LogP) is 2.56. The smallest absolute Gasteiger partial charge is 0.357 e. The summed E-state index contributed by atoms with van der Waals surface area (Å²) in [5.41, 5.74) is 1.64. The molecule has 0 fully saturated rings. The van der Waals surface area contributed by atoms with Gasteiger partial charge in [-0.05, 0) is 19.9 Å². The number of nitrogens with zero attached hydrogens (tertiary/aromatic N) is 2. The van der Waals surface area contributed by atoms with E-state index in [2.05, 4.69) is 20.7 Å². The molecule has 0 aliphatic carbocycles. The highest BCUT2D eigenvalue weighted by molar-refractivity contribution is 5.96. The number of H-pyrrole nitrogens is 1. The van der Waals surface area contributed by atoms with Crippen molar-refractivity contribution < 1.29 is 18.8 Å². The summed E-state index contributed by atoms with van der Waals surface area (Å²) >= 11 is 0. The summed E-state index contributed by atoms with van der Waals surface area (Å²) < 4.78 is 10.0. The molecular weight excluding hydrogens is 324 g/mol. The van der Waals surface area contributed by atoms with Crippen LogP contribution in [0.15, 0.2) is 47.0 Å². The Bertz CT molecular complexity index is 885. The second-order valence-electron chi connectivity index (χ2n) is 5.39. The van der Waals surface area contributed by atoms with Crippen molar-refractivity contribution in [1.29, 1.82) is 0 Å². The summed E-state index contributed by atoms with van der Waals surface area (Å²) in [5.74, 6) is -0.359. The second kappa shape index (κ2) is 7.00. The number of hydrogen-bond acceptors (Lipinski definition) is 6. The molecule has 2 N–H and O–H groups in total.